The van der Waals surface area contributed by atoms with Crippen LogP contribution in [0, 0.1) is 5.41 Å². The molecule has 41 heavy (non-hydrogen) atoms. The molecule has 224 valence electrons. The quantitative estimate of drug-likeness (QED) is 0.341. The summed E-state index contributed by atoms with van der Waals surface area (Å²) in [5.74, 6) is 0.157. The van der Waals surface area contributed by atoms with Gasteiger partial charge in [0.15, 0.2) is 0 Å². The second-order valence-corrected chi connectivity index (χ2v) is 13.0. The molecule has 0 saturated heterocycles. The second-order valence-electron chi connectivity index (χ2n) is 12.5. The lowest BCUT2D eigenvalue weighted by atomic mass is 9.90. The number of nitrogens with zero attached hydrogens (tertiary/aromatic N) is 3. The molecule has 1 aliphatic carbocycles. The van der Waals surface area contributed by atoms with E-state index in [9.17, 15) is 14.4 Å². The van der Waals surface area contributed by atoms with Crippen molar-refractivity contribution >= 4 is 35.2 Å². The maximum Gasteiger partial charge on any atom is 0.414 e. The van der Waals surface area contributed by atoms with E-state index in [2.05, 4.69) is 31.1 Å². The minimum atomic E-state index is -0.662. The van der Waals surface area contributed by atoms with Gasteiger partial charge in [-0.1, -0.05) is 32.4 Å². The molecule has 1 N–H and O–H groups in total. The average molecular weight is 587 g/mol. The Morgan fingerprint density at radius 1 is 1.02 bits per heavy atom. The predicted octanol–water partition coefficient (Wildman–Crippen LogP) is 6.10. The van der Waals surface area contributed by atoms with Crippen LogP contribution in [0.5, 0.6) is 5.75 Å². The van der Waals surface area contributed by atoms with Gasteiger partial charge in [-0.25, -0.2) is 4.79 Å². The Bertz CT molecular complexity index is 1190. The van der Waals surface area contributed by atoms with E-state index in [1.165, 1.54) is 4.90 Å². The molecular weight excluding hydrogens is 544 g/mol. The molecule has 3 amide bonds. The van der Waals surface area contributed by atoms with Crippen molar-refractivity contribution in [3.05, 3.63) is 53.3 Å². The van der Waals surface area contributed by atoms with Crippen LogP contribution in [0.3, 0.4) is 0 Å². The van der Waals surface area contributed by atoms with Gasteiger partial charge in [0, 0.05) is 48.5 Å². The summed E-state index contributed by atoms with van der Waals surface area (Å²) in [5.41, 5.74) is 0.346. The minimum absolute atomic E-state index is 0.0153. The lowest BCUT2D eigenvalue weighted by Gasteiger charge is -2.37. The molecule has 9 nitrogen and oxygen atoms in total. The standard InChI is InChI=1S/C31H43ClN4O5/c1-30(2,3)21-34-27(37)12-15-35(24-8-7-9-24)28(38)22-18-23(32)20-26(19-22)40-17-16-36(25-10-13-33-14-11-25)29(39)41-31(4,5)6/h10-11,13-14,18-20,24H,7-9,12,15-17,21H2,1-6H3,(H,34,37). The zero-order valence-corrected chi connectivity index (χ0v) is 25.8. The summed E-state index contributed by atoms with van der Waals surface area (Å²) in [5, 5.41) is 3.32. The van der Waals surface area contributed by atoms with Crippen LogP contribution in [-0.4, -0.2) is 65.7 Å². The number of carbonyl (C=O) groups is 3. The third kappa shape index (κ3) is 10.5. The number of hydrogen-bond donors (Lipinski definition) is 1. The molecule has 1 aromatic heterocycles. The lowest BCUT2D eigenvalue weighted by Crippen LogP contribution is -2.46. The van der Waals surface area contributed by atoms with Crippen molar-refractivity contribution in [2.75, 3.05) is 31.1 Å². The third-order valence-electron chi connectivity index (χ3n) is 6.46. The first kappa shape index (κ1) is 32.2. The molecule has 1 heterocycles. The van der Waals surface area contributed by atoms with Crippen molar-refractivity contribution < 1.29 is 23.9 Å². The molecular formula is C31H43ClN4O5. The third-order valence-corrected chi connectivity index (χ3v) is 6.68. The number of halogens is 1. The van der Waals surface area contributed by atoms with E-state index in [0.717, 1.165) is 19.3 Å². The zero-order chi connectivity index (χ0) is 30.2. The van der Waals surface area contributed by atoms with Gasteiger partial charge in [0.25, 0.3) is 5.91 Å². The number of rotatable bonds is 11. The molecule has 1 aromatic carbocycles. The molecule has 2 aromatic rings. The van der Waals surface area contributed by atoms with E-state index in [1.807, 2.05) is 20.8 Å². The molecule has 0 bridgehead atoms. The summed E-state index contributed by atoms with van der Waals surface area (Å²) in [6.45, 7) is 12.8. The number of hydrogen-bond acceptors (Lipinski definition) is 6. The number of benzene rings is 1. The van der Waals surface area contributed by atoms with E-state index in [-0.39, 0.29) is 42.8 Å². The van der Waals surface area contributed by atoms with Gasteiger partial charge in [-0.15, -0.1) is 0 Å². The molecule has 1 saturated carbocycles. The Balaban J connectivity index is 1.68. The Morgan fingerprint density at radius 3 is 2.29 bits per heavy atom. The fourth-order valence-corrected chi connectivity index (χ4v) is 4.40. The summed E-state index contributed by atoms with van der Waals surface area (Å²) in [6.07, 6.45) is 5.81. The predicted molar refractivity (Wildman–Crippen MR) is 161 cm³/mol. The Morgan fingerprint density at radius 2 is 1.71 bits per heavy atom. The molecule has 1 aliphatic rings. The molecule has 1 fully saturated rings. The summed E-state index contributed by atoms with van der Waals surface area (Å²) < 4.78 is 11.5. The van der Waals surface area contributed by atoms with Crippen molar-refractivity contribution in [3.8, 4) is 5.75 Å². The summed E-state index contributed by atoms with van der Waals surface area (Å²) in [6, 6.07) is 8.45. The number of anilines is 1. The second kappa shape index (κ2) is 14.0. The number of amides is 3. The highest BCUT2D eigenvalue weighted by Crippen LogP contribution is 2.29. The maximum atomic E-state index is 13.6. The average Bonchev–Trinajstić information content (AvgIpc) is 2.85. The smallest absolute Gasteiger partial charge is 0.414 e. The molecule has 0 unspecified atom stereocenters. The Hall–Kier alpha value is -3.33. The first-order valence-corrected chi connectivity index (χ1v) is 14.5. The van der Waals surface area contributed by atoms with Crippen LogP contribution in [0.4, 0.5) is 10.5 Å². The summed E-state index contributed by atoms with van der Waals surface area (Å²) >= 11 is 6.39. The first-order valence-electron chi connectivity index (χ1n) is 14.1. The van der Waals surface area contributed by atoms with Gasteiger partial charge in [0.1, 0.15) is 18.0 Å². The van der Waals surface area contributed by atoms with Gasteiger partial charge < -0.3 is 19.7 Å². The normalized spacial score (nSPS) is 13.6. The number of carbonyl (C=O) groups excluding carboxylic acids is 3. The number of nitrogens with one attached hydrogen (secondary N) is 1. The van der Waals surface area contributed by atoms with E-state index < -0.39 is 11.7 Å². The number of aromatic nitrogens is 1. The van der Waals surface area contributed by atoms with E-state index >= 15 is 0 Å². The van der Waals surface area contributed by atoms with Crippen molar-refractivity contribution in [3.63, 3.8) is 0 Å². The van der Waals surface area contributed by atoms with Gasteiger partial charge in [-0.05, 0) is 75.8 Å². The summed E-state index contributed by atoms with van der Waals surface area (Å²) in [7, 11) is 0. The largest absolute Gasteiger partial charge is 0.492 e. The fourth-order valence-electron chi connectivity index (χ4n) is 4.18. The van der Waals surface area contributed by atoms with Crippen LogP contribution in [-0.2, 0) is 9.53 Å². The summed E-state index contributed by atoms with van der Waals surface area (Å²) in [4.78, 5) is 46.2. The molecule has 10 heteroatoms. The van der Waals surface area contributed by atoms with Crippen LogP contribution in [0.25, 0.3) is 0 Å². The number of ether oxygens (including phenoxy) is 2. The van der Waals surface area contributed by atoms with Gasteiger partial charge in [-0.2, -0.15) is 0 Å². The van der Waals surface area contributed by atoms with Crippen LogP contribution >= 0.6 is 11.6 Å². The SMILES string of the molecule is CC(C)(C)CNC(=O)CCN(C(=O)c1cc(Cl)cc(OCCN(C(=O)OC(C)(C)C)c2ccncc2)c1)C1CCC1. The zero-order valence-electron chi connectivity index (χ0n) is 25.0. The molecule has 0 aliphatic heterocycles. The van der Waals surface area contributed by atoms with Gasteiger partial charge in [0.05, 0.1) is 12.2 Å². The van der Waals surface area contributed by atoms with E-state index in [4.69, 9.17) is 21.1 Å². The highest BCUT2D eigenvalue weighted by Gasteiger charge is 2.30. The topological polar surface area (TPSA) is 101 Å². The van der Waals surface area contributed by atoms with Crippen molar-refractivity contribution in [1.82, 2.24) is 15.2 Å². The van der Waals surface area contributed by atoms with Crippen LogP contribution in [0.15, 0.2) is 42.7 Å². The van der Waals surface area contributed by atoms with Crippen molar-refractivity contribution in [1.29, 1.82) is 0 Å². The van der Waals surface area contributed by atoms with E-state index in [1.54, 1.807) is 47.6 Å². The van der Waals surface area contributed by atoms with Gasteiger partial charge in [0.2, 0.25) is 5.91 Å². The monoisotopic (exact) mass is 586 g/mol. The van der Waals surface area contributed by atoms with Crippen LogP contribution in [0.1, 0.15) is 77.6 Å². The molecule has 0 radical (unpaired) electrons. The lowest BCUT2D eigenvalue weighted by molar-refractivity contribution is -0.121. The first-order chi connectivity index (χ1) is 19.2. The Kier molecular flexibility index (Phi) is 11.0. The molecule has 0 spiro atoms. The van der Waals surface area contributed by atoms with Crippen LogP contribution < -0.4 is 15.0 Å². The maximum absolute atomic E-state index is 13.6. The van der Waals surface area contributed by atoms with Gasteiger partial charge >= 0.3 is 6.09 Å². The number of pyridine rings is 1. The fraction of sp³-hybridized carbons (Fsp3) is 0.548. The molecule has 0 atom stereocenters. The van der Waals surface area contributed by atoms with E-state index in [0.29, 0.717) is 35.1 Å². The van der Waals surface area contributed by atoms with Gasteiger partial charge in [-0.3, -0.25) is 19.5 Å². The Labute approximate surface area is 248 Å². The minimum Gasteiger partial charge on any atom is -0.492 e. The molecule has 3 rings (SSSR count). The highest BCUT2D eigenvalue weighted by molar-refractivity contribution is 6.31. The van der Waals surface area contributed by atoms with Crippen LogP contribution in [0.2, 0.25) is 5.02 Å². The van der Waals surface area contributed by atoms with Crippen molar-refractivity contribution in [2.24, 2.45) is 5.41 Å². The van der Waals surface area contributed by atoms with Crippen molar-refractivity contribution in [2.45, 2.75) is 78.9 Å². The highest BCUT2D eigenvalue weighted by atomic mass is 35.5.